The molecule has 0 amide bonds. The van der Waals surface area contributed by atoms with E-state index in [9.17, 15) is 4.39 Å². The van der Waals surface area contributed by atoms with E-state index in [4.69, 9.17) is 0 Å². The Labute approximate surface area is 193 Å². The maximum atomic E-state index is 13.7. The maximum absolute atomic E-state index is 13.7. The van der Waals surface area contributed by atoms with Gasteiger partial charge >= 0.3 is 30.2 Å². The molecule has 152 valence electrons. The number of hydrogen-bond acceptors (Lipinski definition) is 0. The predicted molar refractivity (Wildman–Crippen MR) is 123 cm³/mol. The van der Waals surface area contributed by atoms with Gasteiger partial charge in [-0.1, -0.05) is 51.0 Å². The second-order valence-electron chi connectivity index (χ2n) is 6.61. The molecule has 0 saturated carbocycles. The standard InChI is InChI=1S/C15H10F.C9H13.2CH3.Si.Zr/c16-15-8-4-3-7-14(15)13-10-9-11-5-1-2-6-12(11)13;1-6-5-7(2)9(4)8(6)3;;;;/h1-10H;6H,1-4H3;2*1H3;;/q4*-1;;. The molecular weight excluding hydrogens is 451 g/mol. The summed E-state index contributed by atoms with van der Waals surface area (Å²) in [6.45, 7) is 11.7. The van der Waals surface area contributed by atoms with Crippen LogP contribution in [0.4, 0.5) is 4.39 Å². The normalized spacial score (nSPS) is 14.5. The molecule has 1 aliphatic carbocycles. The van der Waals surface area contributed by atoms with Crippen molar-refractivity contribution in [3.63, 3.8) is 0 Å². The minimum atomic E-state index is -0.168. The summed E-state index contributed by atoms with van der Waals surface area (Å²) in [6, 6.07) is 18.9. The van der Waals surface area contributed by atoms with E-state index in [1.165, 1.54) is 46.1 Å². The Hall–Kier alpha value is -1.44. The van der Waals surface area contributed by atoms with Gasteiger partial charge in [0, 0.05) is 0 Å². The quantitative estimate of drug-likeness (QED) is 0.249. The topological polar surface area (TPSA) is 0 Å². The van der Waals surface area contributed by atoms with E-state index in [0.29, 0.717) is 11.5 Å². The van der Waals surface area contributed by atoms with E-state index >= 15 is 0 Å². The molecule has 1 unspecified atom stereocenters. The van der Waals surface area contributed by atoms with Gasteiger partial charge in [0.15, 0.2) is 0 Å². The minimum absolute atomic E-state index is 0. The number of rotatable bonds is 1. The Balaban J connectivity index is 0.000000524. The summed E-state index contributed by atoms with van der Waals surface area (Å²) in [4.78, 5) is 0. The summed E-state index contributed by atoms with van der Waals surface area (Å²) in [5.74, 6) is 0.392. The van der Waals surface area contributed by atoms with E-state index in [0.717, 1.165) is 16.3 Å². The molecule has 29 heavy (non-hydrogen) atoms. The molecule has 1 aliphatic rings. The van der Waals surface area contributed by atoms with E-state index in [-0.39, 0.29) is 20.7 Å². The molecule has 0 fully saturated rings. The van der Waals surface area contributed by atoms with Crippen molar-refractivity contribution >= 4 is 17.7 Å². The summed E-state index contributed by atoms with van der Waals surface area (Å²) in [5.41, 5.74) is 5.88. The van der Waals surface area contributed by atoms with Crippen LogP contribution in [0.15, 0.2) is 77.4 Å². The second-order valence-corrected chi connectivity index (χ2v) is 6.61. The molecule has 2 radical (unpaired) electrons. The Morgan fingerprint density at radius 2 is 1.52 bits per heavy atom. The van der Waals surface area contributed by atoms with Crippen LogP contribution in [-0.2, 0) is 23.3 Å². The first-order chi connectivity index (χ1) is 13.0. The van der Waals surface area contributed by atoms with Crippen LogP contribution in [0.3, 0.4) is 0 Å². The molecule has 0 aromatic heterocycles. The zero-order valence-electron chi connectivity index (χ0n) is 18.2. The zero-order valence-corrected chi connectivity index (χ0v) is 21.7. The predicted octanol–water partition coefficient (Wildman–Crippen LogP) is 7.60. The molecule has 0 aliphatic heterocycles. The molecule has 0 bridgehead atoms. The van der Waals surface area contributed by atoms with Gasteiger partial charge in [0.1, 0.15) is 5.82 Å². The number of benzene rings is 2. The molecular formula is C26H29FSiZr-4. The van der Waals surface area contributed by atoms with Crippen LogP contribution in [0.5, 0.6) is 0 Å². The molecule has 0 heterocycles. The second kappa shape index (κ2) is 13.0. The van der Waals surface area contributed by atoms with Gasteiger partial charge in [-0.3, -0.25) is 6.08 Å². The van der Waals surface area contributed by atoms with Crippen LogP contribution in [-0.4, -0.2) is 6.88 Å². The molecule has 4 rings (SSSR count). The third-order valence-electron chi connectivity index (χ3n) is 5.08. The molecule has 0 saturated heterocycles. The SMILES string of the molecule is CC1=[C-]C(C)C(C)=C1C.Fc1ccccc1-c1c[cH-]c2ccccc12.[CH3-].[CH3-].[Si]=[Zr]. The Kier molecular flexibility index (Phi) is 12.3. The summed E-state index contributed by atoms with van der Waals surface area (Å²) in [6.07, 6.45) is 3.36. The van der Waals surface area contributed by atoms with E-state index in [2.05, 4.69) is 40.7 Å². The number of allylic oxidation sites excluding steroid dienone is 4. The van der Waals surface area contributed by atoms with Gasteiger partial charge in [-0.2, -0.15) is 11.1 Å². The van der Waals surface area contributed by atoms with Gasteiger partial charge in [0.05, 0.1) is 0 Å². The van der Waals surface area contributed by atoms with Crippen molar-refractivity contribution in [2.24, 2.45) is 5.92 Å². The zero-order chi connectivity index (χ0) is 20.0. The van der Waals surface area contributed by atoms with Crippen molar-refractivity contribution in [3.8, 4) is 11.1 Å². The summed E-state index contributed by atoms with van der Waals surface area (Å²) in [7, 11) is 0. The van der Waals surface area contributed by atoms with Gasteiger partial charge in [-0.15, -0.1) is 53.6 Å². The average Bonchev–Trinajstić information content (AvgIpc) is 3.21. The van der Waals surface area contributed by atoms with E-state index < -0.39 is 0 Å². The Morgan fingerprint density at radius 3 is 2.03 bits per heavy atom. The van der Waals surface area contributed by atoms with E-state index in [1.54, 1.807) is 6.07 Å². The number of halogens is 1. The molecule has 3 aromatic rings. The fourth-order valence-corrected chi connectivity index (χ4v) is 3.23. The van der Waals surface area contributed by atoms with Crippen molar-refractivity contribution in [2.45, 2.75) is 27.7 Å². The fraction of sp³-hybridized carbons (Fsp3) is 0.192. The fourth-order valence-electron chi connectivity index (χ4n) is 3.23. The van der Waals surface area contributed by atoms with E-state index in [1.807, 2.05) is 48.5 Å². The van der Waals surface area contributed by atoms with Crippen LogP contribution in [0, 0.1) is 32.7 Å². The third kappa shape index (κ3) is 6.52. The summed E-state index contributed by atoms with van der Waals surface area (Å²) < 4.78 is 13.7. The van der Waals surface area contributed by atoms with Gasteiger partial charge in [0.25, 0.3) is 0 Å². The average molecular weight is 480 g/mol. The Bertz CT molecular complexity index is 981. The molecule has 0 spiro atoms. The number of fused-ring (bicyclic) bond motifs is 1. The molecule has 0 nitrogen and oxygen atoms in total. The third-order valence-corrected chi connectivity index (χ3v) is 5.08. The van der Waals surface area contributed by atoms with Crippen molar-refractivity contribution in [3.05, 3.63) is 104 Å². The van der Waals surface area contributed by atoms with Gasteiger partial charge < -0.3 is 14.9 Å². The molecule has 1 atom stereocenters. The van der Waals surface area contributed by atoms with Crippen molar-refractivity contribution in [1.82, 2.24) is 0 Å². The number of hydrogen-bond donors (Lipinski definition) is 0. The molecule has 0 N–H and O–H groups in total. The summed E-state index contributed by atoms with van der Waals surface area (Å²) >= 11 is 1.36. The summed E-state index contributed by atoms with van der Waals surface area (Å²) in [5, 5.41) is 2.26. The van der Waals surface area contributed by atoms with Crippen molar-refractivity contribution in [1.29, 1.82) is 0 Å². The van der Waals surface area contributed by atoms with Crippen LogP contribution in [0.1, 0.15) is 27.7 Å². The van der Waals surface area contributed by atoms with Crippen LogP contribution in [0.25, 0.3) is 21.9 Å². The van der Waals surface area contributed by atoms with Crippen molar-refractivity contribution in [2.75, 3.05) is 0 Å². The first-order valence-corrected chi connectivity index (χ1v) is 13.1. The van der Waals surface area contributed by atoms with Crippen LogP contribution < -0.4 is 0 Å². The van der Waals surface area contributed by atoms with Crippen LogP contribution >= 0.6 is 0 Å². The molecule has 3 heteroatoms. The Morgan fingerprint density at radius 1 is 0.931 bits per heavy atom. The van der Waals surface area contributed by atoms with Crippen LogP contribution in [0.2, 0.25) is 0 Å². The molecule has 3 aromatic carbocycles. The first-order valence-electron chi connectivity index (χ1n) is 8.91. The van der Waals surface area contributed by atoms with Gasteiger partial charge in [0.2, 0.25) is 0 Å². The first kappa shape index (κ1) is 27.6. The van der Waals surface area contributed by atoms with Gasteiger partial charge in [-0.05, 0) is 11.6 Å². The van der Waals surface area contributed by atoms with Crippen molar-refractivity contribution < 1.29 is 27.7 Å². The van der Waals surface area contributed by atoms with Gasteiger partial charge in [-0.25, -0.2) is 9.96 Å². The monoisotopic (exact) mass is 478 g/mol.